The zero-order valence-electron chi connectivity index (χ0n) is 15.3. The fraction of sp³-hybridized carbons (Fsp3) is 0.0476. The summed E-state index contributed by atoms with van der Waals surface area (Å²) in [6.07, 6.45) is 1.65. The number of rotatable bonds is 4. The van der Waals surface area contributed by atoms with Gasteiger partial charge in [0, 0.05) is 23.8 Å². The number of nitrogens with one attached hydrogen (secondary N) is 1. The van der Waals surface area contributed by atoms with Crippen LogP contribution in [0.2, 0.25) is 0 Å². The summed E-state index contributed by atoms with van der Waals surface area (Å²) in [5, 5.41) is 14.1. The van der Waals surface area contributed by atoms with Gasteiger partial charge in [0.25, 0.3) is 11.6 Å². The highest BCUT2D eigenvalue weighted by molar-refractivity contribution is 8.18. The van der Waals surface area contributed by atoms with Gasteiger partial charge in [-0.1, -0.05) is 18.2 Å². The zero-order valence-corrected chi connectivity index (χ0v) is 16.1. The molecule has 8 heteroatoms. The van der Waals surface area contributed by atoms with Crippen LogP contribution in [0, 0.1) is 17.0 Å². The van der Waals surface area contributed by atoms with Gasteiger partial charge in [0.2, 0.25) is 0 Å². The predicted molar refractivity (Wildman–Crippen MR) is 113 cm³/mol. The minimum absolute atomic E-state index is 0.0319. The summed E-state index contributed by atoms with van der Waals surface area (Å²) in [5.74, 6) is 0.844. The van der Waals surface area contributed by atoms with Crippen LogP contribution in [0.25, 0.3) is 17.4 Å². The van der Waals surface area contributed by atoms with Crippen molar-refractivity contribution in [1.82, 2.24) is 5.32 Å². The van der Waals surface area contributed by atoms with E-state index in [0.29, 0.717) is 21.6 Å². The number of furan rings is 1. The number of carbonyl (C=O) groups is 1. The van der Waals surface area contributed by atoms with Crippen LogP contribution in [-0.2, 0) is 4.79 Å². The van der Waals surface area contributed by atoms with Gasteiger partial charge < -0.3 is 9.73 Å². The maximum Gasteiger partial charge on any atom is 0.269 e. The lowest BCUT2D eigenvalue weighted by Gasteiger charge is -2.02. The summed E-state index contributed by atoms with van der Waals surface area (Å²) < 4.78 is 5.84. The highest BCUT2D eigenvalue weighted by Gasteiger charge is 2.24. The number of nitro groups is 1. The number of thioether (sulfide) groups is 1. The summed E-state index contributed by atoms with van der Waals surface area (Å²) >= 11 is 1.24. The first-order chi connectivity index (χ1) is 14.0. The minimum Gasteiger partial charge on any atom is -0.457 e. The van der Waals surface area contributed by atoms with Gasteiger partial charge >= 0.3 is 0 Å². The second-order valence-electron chi connectivity index (χ2n) is 6.28. The summed E-state index contributed by atoms with van der Waals surface area (Å²) in [6.45, 7) is 1.79. The monoisotopic (exact) mass is 405 g/mol. The van der Waals surface area contributed by atoms with Crippen molar-refractivity contribution in [3.63, 3.8) is 0 Å². The molecule has 1 aliphatic rings. The number of aliphatic imine (C=N–C) groups is 1. The Balaban J connectivity index is 1.56. The third kappa shape index (κ3) is 4.12. The number of nitro benzene ring substituents is 1. The highest BCUT2D eigenvalue weighted by Crippen LogP contribution is 2.32. The molecule has 0 saturated carbocycles. The Kier molecular flexibility index (Phi) is 5.01. The van der Waals surface area contributed by atoms with Crippen molar-refractivity contribution in [2.45, 2.75) is 6.92 Å². The lowest BCUT2D eigenvalue weighted by Crippen LogP contribution is -2.19. The molecule has 1 aromatic heterocycles. The standard InChI is InChI=1S/C21H15N3O4S/c1-13-11-15(24(26)27)7-9-17(13)18-10-8-16(28-18)12-19-20(25)23-21(29-19)22-14-5-3-2-4-6-14/h2-12H,1H3,(H,22,23,25)/b19-12-. The van der Waals surface area contributed by atoms with Gasteiger partial charge in [-0.25, -0.2) is 4.99 Å². The van der Waals surface area contributed by atoms with Crippen molar-refractivity contribution in [2.75, 3.05) is 0 Å². The molecular weight excluding hydrogens is 390 g/mol. The van der Waals surface area contributed by atoms with Crippen LogP contribution < -0.4 is 5.32 Å². The maximum absolute atomic E-state index is 12.2. The summed E-state index contributed by atoms with van der Waals surface area (Å²) in [5.41, 5.74) is 2.28. The smallest absolute Gasteiger partial charge is 0.269 e. The molecule has 4 rings (SSSR count). The molecule has 1 N–H and O–H groups in total. The number of hydrogen-bond donors (Lipinski definition) is 1. The number of non-ortho nitro benzene ring substituents is 1. The van der Waals surface area contributed by atoms with Crippen molar-refractivity contribution in [2.24, 2.45) is 4.99 Å². The van der Waals surface area contributed by atoms with Crippen molar-refractivity contribution in [3.05, 3.63) is 87.0 Å². The van der Waals surface area contributed by atoms with Crippen molar-refractivity contribution >= 4 is 40.3 Å². The maximum atomic E-state index is 12.2. The first-order valence-electron chi connectivity index (χ1n) is 8.69. The van der Waals surface area contributed by atoms with Crippen LogP contribution in [-0.4, -0.2) is 16.0 Å². The molecule has 0 atom stereocenters. The first-order valence-corrected chi connectivity index (χ1v) is 9.51. The van der Waals surface area contributed by atoms with Crippen molar-refractivity contribution < 1.29 is 14.1 Å². The van der Waals surface area contributed by atoms with E-state index in [9.17, 15) is 14.9 Å². The topological polar surface area (TPSA) is 97.7 Å². The van der Waals surface area contributed by atoms with E-state index in [0.717, 1.165) is 16.8 Å². The van der Waals surface area contributed by atoms with Crippen molar-refractivity contribution in [3.8, 4) is 11.3 Å². The van der Waals surface area contributed by atoms with E-state index in [1.54, 1.807) is 31.2 Å². The number of para-hydroxylation sites is 1. The van der Waals surface area contributed by atoms with Crippen molar-refractivity contribution in [1.29, 1.82) is 0 Å². The molecule has 144 valence electrons. The van der Waals surface area contributed by atoms with E-state index in [2.05, 4.69) is 10.3 Å². The predicted octanol–water partition coefficient (Wildman–Crippen LogP) is 5.05. The molecule has 2 aromatic carbocycles. The van der Waals surface area contributed by atoms with E-state index in [1.807, 2.05) is 30.3 Å². The Morgan fingerprint density at radius 3 is 2.66 bits per heavy atom. The van der Waals surface area contributed by atoms with Crippen LogP contribution in [0.15, 0.2) is 75.0 Å². The molecule has 0 unspecified atom stereocenters. The summed E-state index contributed by atoms with van der Waals surface area (Å²) in [6, 6.07) is 17.5. The lowest BCUT2D eigenvalue weighted by atomic mass is 10.1. The average Bonchev–Trinajstić information content (AvgIpc) is 3.29. The fourth-order valence-corrected chi connectivity index (χ4v) is 3.66. The SMILES string of the molecule is Cc1cc([N+](=O)[O-])ccc1-c1ccc(/C=C2\SC(=Nc3ccccc3)NC2=O)o1. The fourth-order valence-electron chi connectivity index (χ4n) is 2.84. The Hall–Kier alpha value is -3.65. The second-order valence-corrected chi connectivity index (χ2v) is 7.31. The molecule has 1 aliphatic heterocycles. The number of aryl methyl sites for hydroxylation is 1. The van der Waals surface area contributed by atoms with E-state index in [-0.39, 0.29) is 11.6 Å². The van der Waals surface area contributed by atoms with Crippen LogP contribution in [0.3, 0.4) is 0 Å². The molecule has 1 fully saturated rings. The molecule has 0 bridgehead atoms. The van der Waals surface area contributed by atoms with Crippen LogP contribution in [0.1, 0.15) is 11.3 Å². The highest BCUT2D eigenvalue weighted by atomic mass is 32.2. The molecule has 2 heterocycles. The Morgan fingerprint density at radius 1 is 1.14 bits per heavy atom. The molecule has 1 saturated heterocycles. The third-order valence-electron chi connectivity index (χ3n) is 4.22. The zero-order chi connectivity index (χ0) is 20.4. The molecular formula is C21H15N3O4S. The number of nitrogens with zero attached hydrogens (tertiary/aromatic N) is 2. The largest absolute Gasteiger partial charge is 0.457 e. The van der Waals surface area contributed by atoms with Gasteiger partial charge in [0.1, 0.15) is 11.5 Å². The molecule has 0 aliphatic carbocycles. The molecule has 1 amide bonds. The van der Waals surface area contributed by atoms with Crippen LogP contribution in [0.5, 0.6) is 0 Å². The molecule has 29 heavy (non-hydrogen) atoms. The Labute approximate surface area is 170 Å². The number of carbonyl (C=O) groups excluding carboxylic acids is 1. The molecule has 0 spiro atoms. The van der Waals surface area contributed by atoms with Gasteiger partial charge in [-0.05, 0) is 54.6 Å². The molecule has 0 radical (unpaired) electrons. The third-order valence-corrected chi connectivity index (χ3v) is 5.13. The van der Waals surface area contributed by atoms with Gasteiger partial charge in [-0.15, -0.1) is 0 Å². The van der Waals surface area contributed by atoms with E-state index >= 15 is 0 Å². The average molecular weight is 405 g/mol. The van der Waals surface area contributed by atoms with Gasteiger partial charge in [-0.3, -0.25) is 14.9 Å². The number of amidine groups is 1. The lowest BCUT2D eigenvalue weighted by molar-refractivity contribution is -0.384. The van der Waals surface area contributed by atoms with Crippen LogP contribution in [0.4, 0.5) is 11.4 Å². The quantitative estimate of drug-likeness (QED) is 0.372. The van der Waals surface area contributed by atoms with Crippen LogP contribution >= 0.6 is 11.8 Å². The van der Waals surface area contributed by atoms with E-state index in [4.69, 9.17) is 4.42 Å². The normalized spacial score (nSPS) is 16.4. The molecule has 3 aromatic rings. The first kappa shape index (κ1) is 18.7. The van der Waals surface area contributed by atoms with Gasteiger partial charge in [0.15, 0.2) is 5.17 Å². The number of amides is 1. The van der Waals surface area contributed by atoms with E-state index < -0.39 is 4.92 Å². The number of benzene rings is 2. The minimum atomic E-state index is -0.431. The second kappa shape index (κ2) is 7.76. The van der Waals surface area contributed by atoms with Gasteiger partial charge in [0.05, 0.1) is 15.5 Å². The Bertz CT molecular complexity index is 1170. The van der Waals surface area contributed by atoms with E-state index in [1.165, 1.54) is 23.9 Å². The molecule has 7 nitrogen and oxygen atoms in total. The summed E-state index contributed by atoms with van der Waals surface area (Å²) in [7, 11) is 0. The van der Waals surface area contributed by atoms with Gasteiger partial charge in [-0.2, -0.15) is 0 Å². The summed E-state index contributed by atoms with van der Waals surface area (Å²) in [4.78, 5) is 27.6. The number of hydrogen-bond acceptors (Lipinski definition) is 6. The Morgan fingerprint density at radius 2 is 1.93 bits per heavy atom.